The fourth-order valence-corrected chi connectivity index (χ4v) is 2.75. The summed E-state index contributed by atoms with van der Waals surface area (Å²) in [6, 6.07) is 7.00. The van der Waals surface area contributed by atoms with E-state index in [0.29, 0.717) is 12.6 Å². The minimum absolute atomic E-state index is 0.219. The van der Waals surface area contributed by atoms with Crippen LogP contribution in [-0.2, 0) is 19.6 Å². The molecule has 2 aromatic heterocycles. The van der Waals surface area contributed by atoms with Gasteiger partial charge in [-0.2, -0.15) is 0 Å². The lowest BCUT2D eigenvalue weighted by atomic mass is 10.2. The van der Waals surface area contributed by atoms with E-state index in [-0.39, 0.29) is 5.82 Å². The fraction of sp³-hybridized carbons (Fsp3) is 0.316. The number of methoxy groups -OCH3 is 1. The summed E-state index contributed by atoms with van der Waals surface area (Å²) < 4.78 is 20.2. The summed E-state index contributed by atoms with van der Waals surface area (Å²) in [6.45, 7) is 3.24. The Morgan fingerprint density at radius 2 is 1.81 bits per heavy atom. The van der Waals surface area contributed by atoms with E-state index in [0.717, 1.165) is 37.2 Å². The van der Waals surface area contributed by atoms with Crippen molar-refractivity contribution in [3.8, 4) is 6.01 Å². The van der Waals surface area contributed by atoms with Gasteiger partial charge in [0.2, 0.25) is 0 Å². The van der Waals surface area contributed by atoms with Crippen LogP contribution in [0.1, 0.15) is 17.5 Å². The van der Waals surface area contributed by atoms with Crippen LogP contribution in [0.4, 0.5) is 4.39 Å². The molecular weight excluding hydrogens is 333 g/mol. The van der Waals surface area contributed by atoms with Gasteiger partial charge in [0.25, 0.3) is 0 Å². The third kappa shape index (κ3) is 5.35. The highest BCUT2D eigenvalue weighted by atomic mass is 19.1. The lowest BCUT2D eigenvalue weighted by Gasteiger charge is -2.22. The number of ether oxygens (including phenoxy) is 1. The van der Waals surface area contributed by atoms with Crippen LogP contribution in [0.15, 0.2) is 55.4 Å². The second kappa shape index (κ2) is 9.05. The molecule has 2 heterocycles. The van der Waals surface area contributed by atoms with Crippen LogP contribution in [0.25, 0.3) is 0 Å². The van der Waals surface area contributed by atoms with Crippen molar-refractivity contribution in [2.24, 2.45) is 0 Å². The molecule has 0 unspecified atom stereocenters. The highest BCUT2D eigenvalue weighted by molar-refractivity contribution is 5.16. The second-order valence-electron chi connectivity index (χ2n) is 6.07. The van der Waals surface area contributed by atoms with E-state index < -0.39 is 0 Å². The first-order chi connectivity index (χ1) is 12.7. The molecular formula is C19H22FN5O. The van der Waals surface area contributed by atoms with Crippen molar-refractivity contribution < 1.29 is 9.13 Å². The molecule has 0 spiro atoms. The molecule has 0 radical (unpaired) electrons. The molecule has 0 saturated heterocycles. The third-order valence-corrected chi connectivity index (χ3v) is 4.04. The number of benzene rings is 1. The summed E-state index contributed by atoms with van der Waals surface area (Å²) in [5.74, 6) is -0.219. The molecule has 0 saturated carbocycles. The van der Waals surface area contributed by atoms with E-state index in [1.165, 1.54) is 12.1 Å². The molecule has 0 amide bonds. The maximum absolute atomic E-state index is 13.2. The topological polar surface area (TPSA) is 56.1 Å². The highest BCUT2D eigenvalue weighted by Gasteiger charge is 2.09. The summed E-state index contributed by atoms with van der Waals surface area (Å²) in [6.07, 6.45) is 10.1. The smallest absolute Gasteiger partial charge is 0.316 e. The molecule has 0 bridgehead atoms. The van der Waals surface area contributed by atoms with Gasteiger partial charge in [-0.05, 0) is 24.1 Å². The first-order valence-electron chi connectivity index (χ1n) is 8.50. The lowest BCUT2D eigenvalue weighted by molar-refractivity contribution is 0.247. The largest absolute Gasteiger partial charge is 0.467 e. The third-order valence-electron chi connectivity index (χ3n) is 4.04. The van der Waals surface area contributed by atoms with Gasteiger partial charge in [-0.3, -0.25) is 4.90 Å². The molecule has 0 atom stereocenters. The zero-order valence-electron chi connectivity index (χ0n) is 14.8. The van der Waals surface area contributed by atoms with Gasteiger partial charge in [-0.1, -0.05) is 12.1 Å². The Morgan fingerprint density at radius 1 is 1.08 bits per heavy atom. The summed E-state index contributed by atoms with van der Waals surface area (Å²) in [5.41, 5.74) is 2.08. The van der Waals surface area contributed by atoms with Crippen LogP contribution in [0, 0.1) is 5.82 Å². The van der Waals surface area contributed by atoms with Gasteiger partial charge in [-0.25, -0.2) is 19.3 Å². The van der Waals surface area contributed by atoms with Crippen LogP contribution in [0.2, 0.25) is 0 Å². The Hall–Kier alpha value is -2.80. The minimum Gasteiger partial charge on any atom is -0.467 e. The van der Waals surface area contributed by atoms with Gasteiger partial charge in [0.05, 0.1) is 13.4 Å². The van der Waals surface area contributed by atoms with Crippen molar-refractivity contribution in [1.82, 2.24) is 24.4 Å². The quantitative estimate of drug-likeness (QED) is 0.591. The lowest BCUT2D eigenvalue weighted by Crippen LogP contribution is -2.25. The van der Waals surface area contributed by atoms with E-state index in [1.54, 1.807) is 25.7 Å². The number of rotatable bonds is 9. The summed E-state index contributed by atoms with van der Waals surface area (Å²) >= 11 is 0. The molecule has 0 aliphatic rings. The summed E-state index contributed by atoms with van der Waals surface area (Å²) in [4.78, 5) is 14.7. The Bertz CT molecular complexity index is 775. The van der Waals surface area contributed by atoms with E-state index in [1.807, 2.05) is 24.7 Å². The Morgan fingerprint density at radius 3 is 2.46 bits per heavy atom. The monoisotopic (exact) mass is 355 g/mol. The molecule has 3 aromatic rings. The van der Waals surface area contributed by atoms with E-state index >= 15 is 0 Å². The molecule has 0 aliphatic heterocycles. The van der Waals surface area contributed by atoms with Crippen molar-refractivity contribution in [2.45, 2.75) is 26.1 Å². The summed E-state index contributed by atoms with van der Waals surface area (Å²) in [7, 11) is 1.55. The molecule has 26 heavy (non-hydrogen) atoms. The second-order valence-corrected chi connectivity index (χ2v) is 6.07. The number of aryl methyl sites for hydroxylation is 1. The molecule has 3 rings (SSSR count). The van der Waals surface area contributed by atoms with Gasteiger partial charge in [0.1, 0.15) is 5.82 Å². The highest BCUT2D eigenvalue weighted by Crippen LogP contribution is 2.12. The predicted molar refractivity (Wildman–Crippen MR) is 95.9 cm³/mol. The summed E-state index contributed by atoms with van der Waals surface area (Å²) in [5, 5.41) is 0. The van der Waals surface area contributed by atoms with Crippen LogP contribution in [-0.4, -0.2) is 38.1 Å². The van der Waals surface area contributed by atoms with Crippen LogP contribution < -0.4 is 4.74 Å². The first-order valence-corrected chi connectivity index (χ1v) is 8.50. The number of nitrogens with zero attached hydrogens (tertiary/aromatic N) is 5. The number of imidazole rings is 1. The Kier molecular flexibility index (Phi) is 6.27. The van der Waals surface area contributed by atoms with E-state index in [9.17, 15) is 4.39 Å². The van der Waals surface area contributed by atoms with Crippen molar-refractivity contribution in [3.63, 3.8) is 0 Å². The first kappa shape index (κ1) is 18.0. The van der Waals surface area contributed by atoms with Crippen molar-refractivity contribution in [3.05, 3.63) is 72.3 Å². The van der Waals surface area contributed by atoms with Crippen LogP contribution in [0.3, 0.4) is 0 Å². The van der Waals surface area contributed by atoms with Crippen molar-refractivity contribution in [1.29, 1.82) is 0 Å². The Balaban J connectivity index is 1.63. The average Bonchev–Trinajstić information content (AvgIpc) is 3.17. The molecule has 0 aliphatic carbocycles. The molecule has 0 fully saturated rings. The molecule has 0 N–H and O–H groups in total. The van der Waals surface area contributed by atoms with Crippen molar-refractivity contribution >= 4 is 0 Å². The number of halogens is 1. The van der Waals surface area contributed by atoms with Crippen molar-refractivity contribution in [2.75, 3.05) is 13.7 Å². The van der Waals surface area contributed by atoms with Crippen LogP contribution >= 0.6 is 0 Å². The van der Waals surface area contributed by atoms with Crippen LogP contribution in [0.5, 0.6) is 6.01 Å². The van der Waals surface area contributed by atoms with E-state index in [4.69, 9.17) is 4.74 Å². The van der Waals surface area contributed by atoms with Gasteiger partial charge in [0.15, 0.2) is 0 Å². The number of hydrogen-bond donors (Lipinski definition) is 0. The zero-order valence-corrected chi connectivity index (χ0v) is 14.8. The molecule has 1 aromatic carbocycles. The normalized spacial score (nSPS) is 11.0. The van der Waals surface area contributed by atoms with Gasteiger partial charge in [0, 0.05) is 56.5 Å². The fourth-order valence-electron chi connectivity index (χ4n) is 2.75. The van der Waals surface area contributed by atoms with E-state index in [2.05, 4.69) is 24.4 Å². The predicted octanol–water partition coefficient (Wildman–Crippen LogP) is 2.91. The van der Waals surface area contributed by atoms with Gasteiger partial charge < -0.3 is 9.30 Å². The average molecular weight is 355 g/mol. The van der Waals surface area contributed by atoms with Gasteiger partial charge in [-0.15, -0.1) is 0 Å². The maximum atomic E-state index is 13.2. The number of aromatic nitrogens is 4. The number of hydrogen-bond acceptors (Lipinski definition) is 5. The minimum atomic E-state index is -0.219. The molecule has 136 valence electrons. The van der Waals surface area contributed by atoms with Gasteiger partial charge >= 0.3 is 6.01 Å². The Labute approximate surface area is 152 Å². The zero-order chi connectivity index (χ0) is 18.2. The SMILES string of the molecule is COc1ncc(CN(CCCn2ccnc2)Cc2ccc(F)cc2)cn1. The molecule has 6 nitrogen and oxygen atoms in total. The maximum Gasteiger partial charge on any atom is 0.316 e. The standard InChI is InChI=1S/C19H22FN5O/c1-26-19-22-11-17(12-23-19)14-25(9-2-8-24-10-7-21-15-24)13-16-3-5-18(20)6-4-16/h3-7,10-12,15H,2,8-9,13-14H2,1H3. The molecule has 7 heteroatoms.